The van der Waals surface area contributed by atoms with Crippen LogP contribution < -0.4 is 0 Å². The molecular weight excluding hydrogens is 450 g/mol. The molecule has 2 heterocycles. The summed E-state index contributed by atoms with van der Waals surface area (Å²) in [7, 11) is 0. The minimum Gasteiger partial charge on any atom is -0.294 e. The molecule has 3 atom stereocenters. The van der Waals surface area contributed by atoms with Crippen molar-refractivity contribution in [3.05, 3.63) is 108 Å². The molecule has 0 radical (unpaired) electrons. The van der Waals surface area contributed by atoms with Gasteiger partial charge >= 0.3 is 0 Å². The second kappa shape index (κ2) is 9.97. The quantitative estimate of drug-likeness (QED) is 0.455. The van der Waals surface area contributed by atoms with Crippen LogP contribution in [0.1, 0.15) is 49.9 Å². The van der Waals surface area contributed by atoms with Crippen molar-refractivity contribution < 1.29 is 14.4 Å². The van der Waals surface area contributed by atoms with Gasteiger partial charge in [0.1, 0.15) is 0 Å². The molecule has 0 aliphatic carbocycles. The summed E-state index contributed by atoms with van der Waals surface area (Å²) < 4.78 is 0. The van der Waals surface area contributed by atoms with Gasteiger partial charge in [0.25, 0.3) is 5.91 Å². The zero-order valence-electron chi connectivity index (χ0n) is 21.1. The number of hydrogen-bond donors (Lipinski definition) is 0. The molecule has 0 spiro atoms. The molecule has 5 rings (SSSR count). The molecule has 0 bridgehead atoms. The minimum absolute atomic E-state index is 0.165. The molecule has 0 saturated carbocycles. The number of nitrogens with zero attached hydrogens (tertiary/aromatic N) is 3. The van der Waals surface area contributed by atoms with E-state index >= 15 is 0 Å². The van der Waals surface area contributed by atoms with Gasteiger partial charge in [-0.25, -0.2) is 10.0 Å². The molecule has 2 amide bonds. The molecule has 0 aromatic heterocycles. The van der Waals surface area contributed by atoms with Crippen molar-refractivity contribution in [2.24, 2.45) is 5.92 Å². The van der Waals surface area contributed by atoms with Crippen LogP contribution in [-0.2, 0) is 27.5 Å². The van der Waals surface area contributed by atoms with Crippen LogP contribution in [0.2, 0.25) is 0 Å². The lowest BCUT2D eigenvalue weighted by Crippen LogP contribution is -2.52. The van der Waals surface area contributed by atoms with Gasteiger partial charge in [-0.15, -0.1) is 0 Å². The smallest absolute Gasteiger partial charge is 0.251 e. The summed E-state index contributed by atoms with van der Waals surface area (Å²) in [4.78, 5) is 33.9. The summed E-state index contributed by atoms with van der Waals surface area (Å²) in [5, 5.41) is 5.24. The van der Waals surface area contributed by atoms with Crippen LogP contribution in [0, 0.1) is 5.92 Å². The van der Waals surface area contributed by atoms with E-state index in [1.54, 1.807) is 0 Å². The summed E-state index contributed by atoms with van der Waals surface area (Å²) in [5.41, 5.74) is 2.68. The Morgan fingerprint density at radius 1 is 0.861 bits per heavy atom. The van der Waals surface area contributed by atoms with E-state index in [4.69, 9.17) is 4.84 Å². The Morgan fingerprint density at radius 3 is 1.97 bits per heavy atom. The second-order valence-corrected chi connectivity index (χ2v) is 10.3. The Labute approximate surface area is 213 Å². The maximum atomic E-state index is 14.3. The topological polar surface area (TPSA) is 53.1 Å². The van der Waals surface area contributed by atoms with Crippen LogP contribution in [0.15, 0.2) is 91.0 Å². The summed E-state index contributed by atoms with van der Waals surface area (Å²) in [5.74, 6) is -0.910. The van der Waals surface area contributed by atoms with E-state index in [9.17, 15) is 9.59 Å². The Kier molecular flexibility index (Phi) is 6.75. The van der Waals surface area contributed by atoms with Gasteiger partial charge in [0.2, 0.25) is 5.91 Å². The number of hydrogen-bond acceptors (Lipinski definition) is 5. The Morgan fingerprint density at radius 2 is 1.39 bits per heavy atom. The van der Waals surface area contributed by atoms with Gasteiger partial charge in [-0.2, -0.15) is 5.06 Å². The maximum absolute atomic E-state index is 14.3. The number of hydrazine groups is 1. The van der Waals surface area contributed by atoms with Crippen LogP contribution >= 0.6 is 0 Å². The number of rotatable bonds is 6. The number of imide groups is 1. The van der Waals surface area contributed by atoms with Gasteiger partial charge < -0.3 is 0 Å². The van der Waals surface area contributed by atoms with Crippen molar-refractivity contribution in [1.29, 1.82) is 0 Å². The normalized spacial score (nSPS) is 24.4. The van der Waals surface area contributed by atoms with Crippen LogP contribution in [-0.4, -0.2) is 38.5 Å². The van der Waals surface area contributed by atoms with Crippen molar-refractivity contribution in [1.82, 2.24) is 15.1 Å². The molecule has 2 aliphatic heterocycles. The van der Waals surface area contributed by atoms with Crippen molar-refractivity contribution in [3.8, 4) is 0 Å². The third-order valence-corrected chi connectivity index (χ3v) is 7.21. The van der Waals surface area contributed by atoms with E-state index < -0.39 is 11.5 Å². The Bertz CT molecular complexity index is 1200. The molecule has 36 heavy (non-hydrogen) atoms. The van der Waals surface area contributed by atoms with Crippen LogP contribution in [0.5, 0.6) is 0 Å². The third-order valence-electron chi connectivity index (χ3n) is 7.21. The molecule has 0 N–H and O–H groups in total. The molecule has 2 fully saturated rings. The fourth-order valence-corrected chi connectivity index (χ4v) is 5.40. The summed E-state index contributed by atoms with van der Waals surface area (Å²) >= 11 is 0. The zero-order valence-corrected chi connectivity index (χ0v) is 21.1. The Hall–Kier alpha value is -3.32. The van der Waals surface area contributed by atoms with Crippen LogP contribution in [0.4, 0.5) is 0 Å². The average molecular weight is 484 g/mol. The van der Waals surface area contributed by atoms with Crippen molar-refractivity contribution >= 4 is 11.8 Å². The summed E-state index contributed by atoms with van der Waals surface area (Å²) in [6, 6.07) is 29.7. The van der Waals surface area contributed by atoms with E-state index in [0.29, 0.717) is 13.1 Å². The van der Waals surface area contributed by atoms with Crippen molar-refractivity contribution in [2.45, 2.75) is 58.0 Å². The van der Waals surface area contributed by atoms with Crippen molar-refractivity contribution in [2.75, 3.05) is 0 Å². The SMILES string of the molecule is C[C@@H]1ON(Cc2ccccc2)[C@@H](c2ccccc2)[C@H]1C(=O)N1C(=O)CC(C)(C)N1Cc1ccccc1. The minimum atomic E-state index is -0.535. The molecule has 0 unspecified atom stereocenters. The van der Waals surface area contributed by atoms with E-state index in [2.05, 4.69) is 12.1 Å². The van der Waals surface area contributed by atoms with Crippen molar-refractivity contribution in [3.63, 3.8) is 0 Å². The van der Waals surface area contributed by atoms with Gasteiger partial charge in [0.05, 0.1) is 18.1 Å². The van der Waals surface area contributed by atoms with Crippen LogP contribution in [0.3, 0.4) is 0 Å². The first kappa shape index (κ1) is 24.4. The maximum Gasteiger partial charge on any atom is 0.251 e. The molecule has 6 heteroatoms. The van der Waals surface area contributed by atoms with E-state index in [0.717, 1.165) is 16.7 Å². The number of carbonyl (C=O) groups excluding carboxylic acids is 2. The highest BCUT2D eigenvalue weighted by atomic mass is 16.7. The zero-order chi connectivity index (χ0) is 25.3. The molecule has 3 aromatic carbocycles. The molecule has 2 saturated heterocycles. The molecule has 3 aromatic rings. The lowest BCUT2D eigenvalue weighted by molar-refractivity contribution is -0.168. The highest BCUT2D eigenvalue weighted by molar-refractivity contribution is 5.98. The van der Waals surface area contributed by atoms with E-state index in [-0.39, 0.29) is 30.4 Å². The number of hydroxylamine groups is 2. The lowest BCUT2D eigenvalue weighted by Gasteiger charge is -2.37. The highest BCUT2D eigenvalue weighted by Gasteiger charge is 2.54. The standard InChI is InChI=1S/C30H33N3O3/c1-22-27(28(25-17-11-6-12-18-25)31(36-22)20-23-13-7-4-8-14-23)29(35)33-26(34)19-30(2,3)32(33)21-24-15-9-5-10-16-24/h4-18,22,27-28H,19-21H2,1-3H3/t22-,27-,28-/m0/s1. The first-order valence-corrected chi connectivity index (χ1v) is 12.6. The summed E-state index contributed by atoms with van der Waals surface area (Å²) in [6.07, 6.45) is -0.0985. The van der Waals surface area contributed by atoms with E-state index in [1.807, 2.05) is 110 Å². The first-order chi connectivity index (χ1) is 17.3. The third kappa shape index (κ3) is 4.72. The van der Waals surface area contributed by atoms with Gasteiger partial charge in [-0.1, -0.05) is 91.0 Å². The van der Waals surface area contributed by atoms with Gasteiger partial charge in [0.15, 0.2) is 0 Å². The second-order valence-electron chi connectivity index (χ2n) is 10.3. The highest BCUT2D eigenvalue weighted by Crippen LogP contribution is 2.43. The van der Waals surface area contributed by atoms with E-state index in [1.165, 1.54) is 5.01 Å². The predicted octanol–water partition coefficient (Wildman–Crippen LogP) is 5.13. The molecule has 6 nitrogen and oxygen atoms in total. The predicted molar refractivity (Wildman–Crippen MR) is 138 cm³/mol. The van der Waals surface area contributed by atoms with Gasteiger partial charge in [-0.3, -0.25) is 14.4 Å². The number of benzene rings is 3. The fraction of sp³-hybridized carbons (Fsp3) is 0.333. The fourth-order valence-electron chi connectivity index (χ4n) is 5.40. The monoisotopic (exact) mass is 483 g/mol. The average Bonchev–Trinajstić information content (AvgIpc) is 3.31. The molecule has 186 valence electrons. The number of carbonyl (C=O) groups is 2. The Balaban J connectivity index is 1.49. The van der Waals surface area contributed by atoms with Gasteiger partial charge in [-0.05, 0) is 37.5 Å². The van der Waals surface area contributed by atoms with Crippen LogP contribution in [0.25, 0.3) is 0 Å². The number of amides is 2. The first-order valence-electron chi connectivity index (χ1n) is 12.6. The lowest BCUT2D eigenvalue weighted by atomic mass is 9.89. The summed E-state index contributed by atoms with van der Waals surface area (Å²) in [6.45, 7) is 6.99. The molecule has 2 aliphatic rings. The molecular formula is C30H33N3O3. The largest absolute Gasteiger partial charge is 0.294 e. The van der Waals surface area contributed by atoms with Gasteiger partial charge in [0, 0.05) is 25.0 Å².